The standard InChI is InChI=1S/C14H20ClNO3/c1-3-12(14(17)16-9-6-10-18-2)19-13-8-5-4-7-11(13)15/h4-5,7-8,12H,3,6,9-10H2,1-2H3,(H,16,17)/t12-/m1/s1. The van der Waals surface area contributed by atoms with Crippen LogP contribution in [0.15, 0.2) is 24.3 Å². The molecule has 1 atom stereocenters. The Labute approximate surface area is 119 Å². The third-order valence-electron chi connectivity index (χ3n) is 2.59. The zero-order valence-corrected chi connectivity index (χ0v) is 12.1. The third kappa shape index (κ3) is 5.49. The summed E-state index contributed by atoms with van der Waals surface area (Å²) in [5.74, 6) is 0.404. The molecule has 106 valence electrons. The Hall–Kier alpha value is -1.26. The molecule has 0 saturated carbocycles. The number of hydrogen-bond acceptors (Lipinski definition) is 3. The first-order valence-electron chi connectivity index (χ1n) is 6.36. The lowest BCUT2D eigenvalue weighted by molar-refractivity contribution is -0.128. The molecule has 0 saturated heterocycles. The van der Waals surface area contributed by atoms with E-state index in [1.165, 1.54) is 0 Å². The van der Waals surface area contributed by atoms with Gasteiger partial charge in [0, 0.05) is 20.3 Å². The van der Waals surface area contributed by atoms with Gasteiger partial charge >= 0.3 is 0 Å². The largest absolute Gasteiger partial charge is 0.479 e. The van der Waals surface area contributed by atoms with Crippen LogP contribution in [0.3, 0.4) is 0 Å². The normalized spacial score (nSPS) is 11.9. The number of amides is 1. The van der Waals surface area contributed by atoms with Crippen molar-refractivity contribution in [1.82, 2.24) is 5.32 Å². The number of nitrogens with one attached hydrogen (secondary N) is 1. The number of carbonyl (C=O) groups excluding carboxylic acids is 1. The molecular weight excluding hydrogens is 266 g/mol. The minimum Gasteiger partial charge on any atom is -0.479 e. The number of rotatable bonds is 8. The lowest BCUT2D eigenvalue weighted by Crippen LogP contribution is -2.38. The van der Waals surface area contributed by atoms with E-state index in [0.29, 0.717) is 30.3 Å². The van der Waals surface area contributed by atoms with Crippen molar-refractivity contribution in [2.45, 2.75) is 25.9 Å². The summed E-state index contributed by atoms with van der Waals surface area (Å²) >= 11 is 6.00. The van der Waals surface area contributed by atoms with Crippen LogP contribution in [0.5, 0.6) is 5.75 Å². The van der Waals surface area contributed by atoms with E-state index in [1.54, 1.807) is 19.2 Å². The number of halogens is 1. The number of para-hydroxylation sites is 1. The quantitative estimate of drug-likeness (QED) is 0.747. The Morgan fingerprint density at radius 2 is 2.16 bits per heavy atom. The maximum absolute atomic E-state index is 11.9. The molecule has 0 heterocycles. The van der Waals surface area contributed by atoms with E-state index in [2.05, 4.69) is 5.32 Å². The Kier molecular flexibility index (Phi) is 7.30. The summed E-state index contributed by atoms with van der Waals surface area (Å²) < 4.78 is 10.6. The fourth-order valence-electron chi connectivity index (χ4n) is 1.56. The molecule has 0 spiro atoms. The Morgan fingerprint density at radius 3 is 2.79 bits per heavy atom. The van der Waals surface area contributed by atoms with E-state index < -0.39 is 6.10 Å². The first-order chi connectivity index (χ1) is 9.19. The predicted molar refractivity (Wildman–Crippen MR) is 75.7 cm³/mol. The predicted octanol–water partition coefficient (Wildman–Crippen LogP) is 2.65. The Bertz CT molecular complexity index is 398. The van der Waals surface area contributed by atoms with Gasteiger partial charge in [-0.1, -0.05) is 30.7 Å². The number of ether oxygens (including phenoxy) is 2. The van der Waals surface area contributed by atoms with Crippen LogP contribution < -0.4 is 10.1 Å². The average molecular weight is 286 g/mol. The van der Waals surface area contributed by atoms with Crippen LogP contribution in [0, 0.1) is 0 Å². The van der Waals surface area contributed by atoms with Crippen molar-refractivity contribution in [2.75, 3.05) is 20.3 Å². The first kappa shape index (κ1) is 15.8. The molecule has 1 rings (SSSR count). The van der Waals surface area contributed by atoms with Crippen molar-refractivity contribution in [2.24, 2.45) is 0 Å². The van der Waals surface area contributed by atoms with Crippen molar-refractivity contribution in [3.63, 3.8) is 0 Å². The molecule has 4 nitrogen and oxygen atoms in total. The van der Waals surface area contributed by atoms with Crippen LogP contribution in [-0.4, -0.2) is 32.3 Å². The van der Waals surface area contributed by atoms with Crippen molar-refractivity contribution in [3.05, 3.63) is 29.3 Å². The Morgan fingerprint density at radius 1 is 1.42 bits per heavy atom. The summed E-state index contributed by atoms with van der Waals surface area (Å²) in [7, 11) is 1.64. The van der Waals surface area contributed by atoms with E-state index in [1.807, 2.05) is 19.1 Å². The second kappa shape index (κ2) is 8.77. The molecule has 1 amide bonds. The lowest BCUT2D eigenvalue weighted by Gasteiger charge is -2.17. The highest BCUT2D eigenvalue weighted by Crippen LogP contribution is 2.24. The molecule has 0 radical (unpaired) electrons. The zero-order chi connectivity index (χ0) is 14.1. The minimum atomic E-state index is -0.526. The second-order valence-electron chi connectivity index (χ2n) is 4.08. The summed E-state index contributed by atoms with van der Waals surface area (Å²) in [6, 6.07) is 7.13. The van der Waals surface area contributed by atoms with E-state index in [0.717, 1.165) is 6.42 Å². The summed E-state index contributed by atoms with van der Waals surface area (Å²) in [5, 5.41) is 3.33. The summed E-state index contributed by atoms with van der Waals surface area (Å²) in [6.45, 7) is 3.10. The maximum Gasteiger partial charge on any atom is 0.261 e. The van der Waals surface area contributed by atoms with E-state index in [4.69, 9.17) is 21.1 Å². The Balaban J connectivity index is 2.48. The van der Waals surface area contributed by atoms with Gasteiger partial charge in [0.1, 0.15) is 5.75 Å². The number of benzene rings is 1. The van der Waals surface area contributed by atoms with Crippen LogP contribution in [0.1, 0.15) is 19.8 Å². The van der Waals surface area contributed by atoms with Crippen molar-refractivity contribution in [3.8, 4) is 5.75 Å². The van der Waals surface area contributed by atoms with Gasteiger partial charge < -0.3 is 14.8 Å². The highest BCUT2D eigenvalue weighted by atomic mass is 35.5. The lowest BCUT2D eigenvalue weighted by atomic mass is 10.2. The fraction of sp³-hybridized carbons (Fsp3) is 0.500. The van der Waals surface area contributed by atoms with E-state index in [-0.39, 0.29) is 5.91 Å². The molecule has 0 aromatic heterocycles. The van der Waals surface area contributed by atoms with E-state index in [9.17, 15) is 4.79 Å². The molecule has 0 fully saturated rings. The average Bonchev–Trinajstić information content (AvgIpc) is 2.42. The molecule has 1 aromatic rings. The van der Waals surface area contributed by atoms with E-state index >= 15 is 0 Å². The summed E-state index contributed by atoms with van der Waals surface area (Å²) in [5.41, 5.74) is 0. The molecule has 0 bridgehead atoms. The molecule has 0 aliphatic carbocycles. The summed E-state index contributed by atoms with van der Waals surface area (Å²) in [4.78, 5) is 11.9. The van der Waals surface area contributed by atoms with Crippen LogP contribution in [0.25, 0.3) is 0 Å². The molecule has 0 aliphatic rings. The second-order valence-corrected chi connectivity index (χ2v) is 4.49. The summed E-state index contributed by atoms with van der Waals surface area (Å²) in [6.07, 6.45) is 0.842. The van der Waals surface area contributed by atoms with Gasteiger partial charge in [0.2, 0.25) is 0 Å². The molecule has 1 aromatic carbocycles. The van der Waals surface area contributed by atoms with Gasteiger partial charge in [0.25, 0.3) is 5.91 Å². The van der Waals surface area contributed by atoms with Crippen LogP contribution in [-0.2, 0) is 9.53 Å². The molecule has 0 aliphatic heterocycles. The first-order valence-corrected chi connectivity index (χ1v) is 6.74. The third-order valence-corrected chi connectivity index (χ3v) is 2.91. The van der Waals surface area contributed by atoms with Crippen molar-refractivity contribution >= 4 is 17.5 Å². The van der Waals surface area contributed by atoms with Crippen molar-refractivity contribution in [1.29, 1.82) is 0 Å². The van der Waals surface area contributed by atoms with Gasteiger partial charge in [-0.2, -0.15) is 0 Å². The van der Waals surface area contributed by atoms with Gasteiger partial charge in [-0.3, -0.25) is 4.79 Å². The van der Waals surface area contributed by atoms with Gasteiger partial charge in [0.05, 0.1) is 5.02 Å². The highest BCUT2D eigenvalue weighted by Gasteiger charge is 2.18. The van der Waals surface area contributed by atoms with Crippen molar-refractivity contribution < 1.29 is 14.3 Å². The SMILES string of the molecule is CC[C@@H](Oc1ccccc1Cl)C(=O)NCCCOC. The van der Waals surface area contributed by atoms with Gasteiger partial charge in [-0.05, 0) is 25.0 Å². The minimum absolute atomic E-state index is 0.126. The van der Waals surface area contributed by atoms with Gasteiger partial charge in [0.15, 0.2) is 6.10 Å². The smallest absolute Gasteiger partial charge is 0.261 e. The fourth-order valence-corrected chi connectivity index (χ4v) is 1.74. The monoisotopic (exact) mass is 285 g/mol. The van der Waals surface area contributed by atoms with Crippen LogP contribution in [0.2, 0.25) is 5.02 Å². The number of hydrogen-bond donors (Lipinski definition) is 1. The van der Waals surface area contributed by atoms with Gasteiger partial charge in [-0.25, -0.2) is 0 Å². The molecular formula is C14H20ClNO3. The molecule has 1 N–H and O–H groups in total. The number of carbonyl (C=O) groups is 1. The molecule has 5 heteroatoms. The molecule has 19 heavy (non-hydrogen) atoms. The van der Waals surface area contributed by atoms with Gasteiger partial charge in [-0.15, -0.1) is 0 Å². The topological polar surface area (TPSA) is 47.6 Å². The zero-order valence-electron chi connectivity index (χ0n) is 11.3. The molecule has 0 unspecified atom stereocenters. The maximum atomic E-state index is 11.9. The number of methoxy groups -OCH3 is 1. The highest BCUT2D eigenvalue weighted by molar-refractivity contribution is 6.32. The van der Waals surface area contributed by atoms with Crippen LogP contribution >= 0.6 is 11.6 Å². The van der Waals surface area contributed by atoms with Crippen LogP contribution in [0.4, 0.5) is 0 Å².